The van der Waals surface area contributed by atoms with E-state index in [1.165, 1.54) is 55.2 Å². The van der Waals surface area contributed by atoms with Gasteiger partial charge in [0.2, 0.25) is 0 Å². The minimum Gasteiger partial charge on any atom is -0.381 e. The maximum absolute atomic E-state index is 14.3. The molecule has 19 aliphatic rings. The van der Waals surface area contributed by atoms with Gasteiger partial charge in [-0.3, -0.25) is 38.8 Å². The van der Waals surface area contributed by atoms with Crippen LogP contribution in [0.1, 0.15) is 254 Å². The number of guanidine groups is 4. The molecule has 129 heavy (non-hydrogen) atoms. The molecule has 0 bridgehead atoms. The molecule has 8 spiro atoms. The molecule has 4 amide bonds. The summed E-state index contributed by atoms with van der Waals surface area (Å²) < 4.78 is 45.9. The molecule has 4 aromatic rings. The van der Waals surface area contributed by atoms with Gasteiger partial charge in [0.25, 0.3) is 23.6 Å². The van der Waals surface area contributed by atoms with E-state index in [9.17, 15) is 19.2 Å². The molecule has 680 valence electrons. The topological polar surface area (TPSA) is 313 Å². The molecular formula is C104H127N13O12. The van der Waals surface area contributed by atoms with Crippen LogP contribution in [0.3, 0.4) is 0 Å². The lowest BCUT2D eigenvalue weighted by atomic mass is 9.61. The second-order valence-electron chi connectivity index (χ2n) is 40.7. The predicted molar refractivity (Wildman–Crippen MR) is 488 cm³/mol. The number of fused-ring (bicyclic) bond motifs is 12. The molecule has 8 atom stereocenters. The van der Waals surface area contributed by atoms with Crippen LogP contribution in [0, 0.1) is 81.5 Å². The molecule has 4 aromatic carbocycles. The Labute approximate surface area is 759 Å². The number of hydrogen-bond acceptors (Lipinski definition) is 20. The Hall–Kier alpha value is -9.51. The van der Waals surface area contributed by atoms with Crippen LogP contribution in [0.4, 0.5) is 5.69 Å². The van der Waals surface area contributed by atoms with E-state index in [-0.39, 0.29) is 100 Å². The monoisotopic (exact) mass is 1750 g/mol. The van der Waals surface area contributed by atoms with Crippen molar-refractivity contribution in [3.8, 4) is 35.5 Å². The Morgan fingerprint density at radius 3 is 0.814 bits per heavy atom. The maximum Gasteiger partial charge on any atom is 0.262 e. The Bertz CT molecular complexity index is 5020. The van der Waals surface area contributed by atoms with Crippen LogP contribution in [0.2, 0.25) is 0 Å². The lowest BCUT2D eigenvalue weighted by Crippen LogP contribution is -2.53. The maximum atomic E-state index is 14.3. The summed E-state index contributed by atoms with van der Waals surface area (Å²) in [5, 5.41) is 0. The van der Waals surface area contributed by atoms with Gasteiger partial charge in [0, 0.05) is 111 Å². The van der Waals surface area contributed by atoms with Crippen LogP contribution in [0.25, 0.3) is 4.85 Å². The highest BCUT2D eigenvalue weighted by molar-refractivity contribution is 6.11. The molecule has 7 saturated carbocycles. The second-order valence-corrected chi connectivity index (χ2v) is 40.7. The molecule has 25 nitrogen and oxygen atoms in total. The van der Waals surface area contributed by atoms with Crippen molar-refractivity contribution in [2.24, 2.45) is 82.3 Å². The average molecular weight is 1750 g/mol. The zero-order chi connectivity index (χ0) is 88.8. The zero-order valence-corrected chi connectivity index (χ0v) is 75.7. The summed E-state index contributed by atoms with van der Waals surface area (Å²) in [5.41, 5.74) is 33.0. The van der Waals surface area contributed by atoms with Gasteiger partial charge in [0.05, 0.1) is 81.6 Å². The molecule has 11 fully saturated rings. The van der Waals surface area contributed by atoms with E-state index >= 15 is 0 Å². The Balaban J connectivity index is 0.000000108. The van der Waals surface area contributed by atoms with Crippen LogP contribution < -0.4 is 22.9 Å². The quantitative estimate of drug-likeness (QED) is 0.0756. The number of aliphatic imine (C=N–C) groups is 4. The standard InChI is InChI=1S/3C27H33N3O3.C23H28N4O3/c3*1-32-21-10-12-26(13-11-21)16-20-9-8-19(7-6-18-4-5-18)15-23(20)27(26)24(31)30(25(28)29-27)17-22-3-2-14-33-22;1-25-16-6-5-15-13-22(9-7-17(29-2)8-10-22)23(19(15)12-16)20(28)27(21(24)26-23)14-18-4-3-11-30-18/h3*8-9,15,18,21-22H,2-5,10-14,16-17H2,1H3,(H2,28,29);5-6,12,17-18H,3-4,7-11,13-14H2,2H3,(H2,24,26)/t21?,22-,26?,27+;21?,22-,26?,27-;;/m01../s1. The van der Waals surface area contributed by atoms with E-state index in [4.69, 9.17) is 87.4 Å². The van der Waals surface area contributed by atoms with Gasteiger partial charge in [-0.15, -0.1) is 0 Å². The summed E-state index contributed by atoms with van der Waals surface area (Å²) >= 11 is 0. The number of nitrogens with two attached hydrogens (primary N) is 4. The van der Waals surface area contributed by atoms with E-state index < -0.39 is 22.2 Å². The molecule has 8 N–H and O–H groups in total. The number of carbonyl (C=O) groups is 4. The number of rotatable bonds is 12. The third kappa shape index (κ3) is 15.3. The van der Waals surface area contributed by atoms with Crippen LogP contribution >= 0.6 is 0 Å². The first kappa shape index (κ1) is 87.5. The minimum atomic E-state index is -1.04. The van der Waals surface area contributed by atoms with Crippen LogP contribution in [0.5, 0.6) is 0 Å². The number of nitrogens with zero attached hydrogens (tertiary/aromatic N) is 9. The number of amides is 4. The lowest BCUT2D eigenvalue weighted by Gasteiger charge is -2.45. The summed E-state index contributed by atoms with van der Waals surface area (Å²) in [6.45, 7) is 12.4. The summed E-state index contributed by atoms with van der Waals surface area (Å²) in [7, 11) is 7.11. The third-order valence-corrected chi connectivity index (χ3v) is 33.3. The van der Waals surface area contributed by atoms with Gasteiger partial charge < -0.3 is 60.8 Å². The fourth-order valence-electron chi connectivity index (χ4n) is 25.7. The molecule has 0 radical (unpaired) electrons. The van der Waals surface area contributed by atoms with Crippen LogP contribution in [-0.4, -0.2) is 197 Å². The normalized spacial score (nSPS) is 35.1. The highest BCUT2D eigenvalue weighted by Crippen LogP contribution is 2.67. The Morgan fingerprint density at radius 2 is 0.597 bits per heavy atom. The van der Waals surface area contributed by atoms with E-state index in [1.54, 1.807) is 48.0 Å². The second kappa shape index (κ2) is 34.9. The largest absolute Gasteiger partial charge is 0.381 e. The molecular weight excluding hydrogens is 1620 g/mol. The fourth-order valence-corrected chi connectivity index (χ4v) is 25.7. The van der Waals surface area contributed by atoms with E-state index in [1.807, 2.05) is 18.2 Å². The number of carbonyl (C=O) groups excluding carboxylic acids is 4. The molecule has 25 heteroatoms. The summed E-state index contributed by atoms with van der Waals surface area (Å²) in [6.07, 6.45) is 34.1. The summed E-state index contributed by atoms with van der Waals surface area (Å²) in [5.74, 6) is 23.1. The zero-order valence-electron chi connectivity index (χ0n) is 75.7. The molecule has 11 aliphatic carbocycles. The highest BCUT2D eigenvalue weighted by atomic mass is 16.5. The first-order valence-electron chi connectivity index (χ1n) is 48.4. The highest BCUT2D eigenvalue weighted by Gasteiger charge is 2.72. The van der Waals surface area contributed by atoms with E-state index in [0.29, 0.717) is 67.5 Å². The molecule has 0 aromatic heterocycles. The van der Waals surface area contributed by atoms with E-state index in [0.717, 1.165) is 251 Å². The van der Waals surface area contributed by atoms with E-state index in [2.05, 4.69) is 95.0 Å². The van der Waals surface area contributed by atoms with Crippen LogP contribution in [0.15, 0.2) is 92.8 Å². The molecule has 4 saturated heterocycles. The molecule has 8 aliphatic heterocycles. The Morgan fingerprint density at radius 1 is 0.357 bits per heavy atom. The SMILES string of the molecule is COC1CCC2(CC1)Cc1ccc(C#CC3CC3)cc1C21N=C(N)N(CC2CCCO2)C1=O.COC1CCC2(CC1)Cc1ccc(C#CC3CC3)cc1[C@]21N=C(N)N(C[C@@H]2CCCO2)C1=O.COC1CCC2(CC1)Cc1ccc(C#CC3CC3)cc1[C@]21N=C(N)N(C[C@H]2CCCO2)C1=O.[C-]#[N+]c1ccc2c(c1)C1(N=C(N)N(CC3CCCO3)C1=O)C1(CCC(OC)CC1)C2. The average Bonchev–Trinajstić information content (AvgIpc) is 1.54. The van der Waals surface area contributed by atoms with Gasteiger partial charge in [-0.05, 0) is 299 Å². The summed E-state index contributed by atoms with van der Waals surface area (Å²) in [6, 6.07) is 25.0. The van der Waals surface area contributed by atoms with Crippen molar-refractivity contribution in [2.45, 2.75) is 289 Å². The van der Waals surface area contributed by atoms with Crippen molar-refractivity contribution in [1.82, 2.24) is 19.6 Å². The van der Waals surface area contributed by atoms with Crippen molar-refractivity contribution in [1.29, 1.82) is 0 Å². The number of ether oxygens (including phenoxy) is 8. The van der Waals surface area contributed by atoms with Crippen LogP contribution in [-0.2, 0) is 105 Å². The molecule has 8 heterocycles. The minimum absolute atomic E-state index is 0.00785. The third-order valence-electron chi connectivity index (χ3n) is 33.3. The van der Waals surface area contributed by atoms with Gasteiger partial charge in [-0.25, -0.2) is 24.8 Å². The first-order chi connectivity index (χ1) is 62.7. The number of benzene rings is 4. The van der Waals surface area contributed by atoms with Gasteiger partial charge in [-0.1, -0.05) is 71.9 Å². The first-order valence-corrected chi connectivity index (χ1v) is 48.4. The van der Waals surface area contributed by atoms with Gasteiger partial charge in [-0.2, -0.15) is 0 Å². The molecule has 23 rings (SSSR count). The fraction of sp³-hybridized carbons (Fsp3) is 0.625. The van der Waals surface area contributed by atoms with Crippen molar-refractivity contribution >= 4 is 53.2 Å². The van der Waals surface area contributed by atoms with Crippen molar-refractivity contribution in [2.75, 3.05) is 81.0 Å². The van der Waals surface area contributed by atoms with Crippen molar-refractivity contribution in [3.63, 3.8) is 0 Å². The number of methoxy groups -OCH3 is 4. The Kier molecular flexibility index (Phi) is 23.7. The predicted octanol–water partition coefficient (Wildman–Crippen LogP) is 12.2. The van der Waals surface area contributed by atoms with Gasteiger partial charge in [0.15, 0.2) is 51.7 Å². The molecule has 4 unspecified atom stereocenters. The summed E-state index contributed by atoms with van der Waals surface area (Å²) in [4.78, 5) is 87.5. The lowest BCUT2D eigenvalue weighted by molar-refractivity contribution is -0.140. The van der Waals surface area contributed by atoms with Crippen molar-refractivity contribution < 1.29 is 57.1 Å². The smallest absolute Gasteiger partial charge is 0.262 e. The van der Waals surface area contributed by atoms with Crippen molar-refractivity contribution in [3.05, 3.63) is 145 Å². The van der Waals surface area contributed by atoms with Gasteiger partial charge >= 0.3 is 0 Å². The number of hydrogen-bond donors (Lipinski definition) is 4. The van der Waals surface area contributed by atoms with Gasteiger partial charge in [0.1, 0.15) is 0 Å².